The minimum atomic E-state index is -0.462. The molecule has 2 N–H and O–H groups in total. The largest absolute Gasteiger partial charge is 0.369 e. The van der Waals surface area contributed by atoms with Crippen LogP contribution in [0.15, 0.2) is 12.1 Å². The second kappa shape index (κ2) is 5.14. The summed E-state index contributed by atoms with van der Waals surface area (Å²) in [5.74, 6) is 0.605. The van der Waals surface area contributed by atoms with E-state index in [-0.39, 0.29) is 5.02 Å². The van der Waals surface area contributed by atoms with Crippen LogP contribution in [0.2, 0.25) is 5.02 Å². The number of nitrogens with zero attached hydrogens (tertiary/aromatic N) is 2. The van der Waals surface area contributed by atoms with Gasteiger partial charge < -0.3 is 10.3 Å². The van der Waals surface area contributed by atoms with Crippen LogP contribution in [-0.2, 0) is 6.54 Å². The smallest absolute Gasteiger partial charge is 0.201 e. The van der Waals surface area contributed by atoms with Crippen LogP contribution in [0.4, 0.5) is 10.3 Å². The minimum Gasteiger partial charge on any atom is -0.369 e. The number of hydrogen-bond acceptors (Lipinski definition) is 2. The Labute approximate surface area is 111 Å². The van der Waals surface area contributed by atoms with Crippen molar-refractivity contribution < 1.29 is 4.39 Å². The van der Waals surface area contributed by atoms with E-state index in [1.165, 1.54) is 6.07 Å². The summed E-state index contributed by atoms with van der Waals surface area (Å²) in [4.78, 5) is 4.15. The van der Waals surface area contributed by atoms with Crippen LogP contribution in [0.5, 0.6) is 0 Å². The number of aryl methyl sites for hydroxylation is 1. The zero-order valence-corrected chi connectivity index (χ0v) is 11.3. The molecule has 0 saturated carbocycles. The molecule has 1 aromatic carbocycles. The lowest BCUT2D eigenvalue weighted by atomic mass is 10.1. The molecule has 0 spiro atoms. The standard InChI is InChI=1S/C13H17ClFN3/c1-8(2)4-3-5-18-12-6-9(14)10(15)7-11(12)17-13(18)16/h6-8H,3-5H2,1-2H3,(H2,16,17). The number of hydrogen-bond donors (Lipinski definition) is 1. The van der Waals surface area contributed by atoms with E-state index >= 15 is 0 Å². The lowest BCUT2D eigenvalue weighted by molar-refractivity contribution is 0.519. The lowest BCUT2D eigenvalue weighted by Gasteiger charge is -2.08. The molecule has 0 unspecified atom stereocenters. The summed E-state index contributed by atoms with van der Waals surface area (Å²) < 4.78 is 15.2. The third kappa shape index (κ3) is 2.58. The lowest BCUT2D eigenvalue weighted by Crippen LogP contribution is -2.04. The predicted molar refractivity (Wildman–Crippen MR) is 73.2 cm³/mol. The Hall–Kier alpha value is -1.29. The van der Waals surface area contributed by atoms with Crippen molar-refractivity contribution in [3.8, 4) is 0 Å². The quantitative estimate of drug-likeness (QED) is 0.916. The number of rotatable bonds is 4. The maximum absolute atomic E-state index is 13.3. The van der Waals surface area contributed by atoms with Gasteiger partial charge in [-0.3, -0.25) is 0 Å². The highest BCUT2D eigenvalue weighted by atomic mass is 35.5. The number of benzene rings is 1. The average molecular weight is 270 g/mol. The van der Waals surface area contributed by atoms with Crippen molar-refractivity contribution >= 4 is 28.6 Å². The third-order valence-corrected chi connectivity index (χ3v) is 3.27. The maximum Gasteiger partial charge on any atom is 0.201 e. The first-order valence-electron chi connectivity index (χ1n) is 6.09. The SMILES string of the molecule is CC(C)CCCn1c(N)nc2cc(F)c(Cl)cc21. The molecule has 1 aromatic heterocycles. The van der Waals surface area contributed by atoms with E-state index in [4.69, 9.17) is 17.3 Å². The summed E-state index contributed by atoms with van der Waals surface area (Å²) in [7, 11) is 0. The van der Waals surface area contributed by atoms with Gasteiger partial charge in [-0.15, -0.1) is 0 Å². The van der Waals surface area contributed by atoms with Crippen LogP contribution in [-0.4, -0.2) is 9.55 Å². The second-order valence-electron chi connectivity index (χ2n) is 4.91. The van der Waals surface area contributed by atoms with Crippen molar-refractivity contribution in [2.75, 3.05) is 5.73 Å². The van der Waals surface area contributed by atoms with Gasteiger partial charge in [0.05, 0.1) is 16.1 Å². The van der Waals surface area contributed by atoms with E-state index in [1.807, 2.05) is 4.57 Å². The number of imidazole rings is 1. The Morgan fingerprint density at radius 3 is 2.83 bits per heavy atom. The number of halogens is 2. The van der Waals surface area contributed by atoms with Crippen molar-refractivity contribution in [2.24, 2.45) is 5.92 Å². The van der Waals surface area contributed by atoms with Crippen LogP contribution in [0, 0.1) is 11.7 Å². The number of nitrogen functional groups attached to an aromatic ring is 1. The van der Waals surface area contributed by atoms with Crippen molar-refractivity contribution in [3.05, 3.63) is 23.0 Å². The van der Waals surface area contributed by atoms with Crippen LogP contribution >= 0.6 is 11.6 Å². The Bertz CT molecular complexity index is 563. The molecule has 0 amide bonds. The normalized spacial score (nSPS) is 11.6. The number of fused-ring (bicyclic) bond motifs is 1. The number of anilines is 1. The van der Waals surface area contributed by atoms with Gasteiger partial charge in [0.25, 0.3) is 0 Å². The second-order valence-corrected chi connectivity index (χ2v) is 5.32. The summed E-state index contributed by atoms with van der Waals surface area (Å²) in [5, 5.41) is 0.104. The van der Waals surface area contributed by atoms with Crippen molar-refractivity contribution in [1.82, 2.24) is 9.55 Å². The summed E-state index contributed by atoms with van der Waals surface area (Å²) in [5.41, 5.74) is 7.21. The molecule has 0 aliphatic carbocycles. The highest BCUT2D eigenvalue weighted by Gasteiger charge is 2.11. The molecule has 2 aromatic rings. The predicted octanol–water partition coefficient (Wildman–Crippen LogP) is 3.85. The van der Waals surface area contributed by atoms with E-state index in [2.05, 4.69) is 18.8 Å². The molecular formula is C13H17ClFN3. The third-order valence-electron chi connectivity index (χ3n) is 2.98. The summed E-state index contributed by atoms with van der Waals surface area (Å²) >= 11 is 5.80. The molecule has 18 heavy (non-hydrogen) atoms. The molecular weight excluding hydrogens is 253 g/mol. The summed E-state index contributed by atoms with van der Waals surface area (Å²) in [6.07, 6.45) is 2.14. The first-order chi connectivity index (χ1) is 8.49. The molecule has 1 heterocycles. The van der Waals surface area contributed by atoms with Crippen molar-refractivity contribution in [2.45, 2.75) is 33.2 Å². The van der Waals surface area contributed by atoms with Gasteiger partial charge in [-0.1, -0.05) is 25.4 Å². The van der Waals surface area contributed by atoms with E-state index in [0.29, 0.717) is 17.4 Å². The van der Waals surface area contributed by atoms with Crippen molar-refractivity contribution in [3.63, 3.8) is 0 Å². The van der Waals surface area contributed by atoms with Crippen molar-refractivity contribution in [1.29, 1.82) is 0 Å². The first-order valence-corrected chi connectivity index (χ1v) is 6.47. The van der Waals surface area contributed by atoms with E-state index < -0.39 is 5.82 Å². The molecule has 0 radical (unpaired) electrons. The van der Waals surface area contributed by atoms with E-state index in [0.717, 1.165) is 24.9 Å². The fourth-order valence-corrected chi connectivity index (χ4v) is 2.19. The molecule has 0 aliphatic rings. The summed E-state index contributed by atoms with van der Waals surface area (Å²) in [6.45, 7) is 5.14. The monoisotopic (exact) mass is 269 g/mol. The molecule has 0 fully saturated rings. The zero-order chi connectivity index (χ0) is 13.3. The molecule has 5 heteroatoms. The van der Waals surface area contributed by atoms with E-state index in [9.17, 15) is 4.39 Å². The molecule has 2 rings (SSSR count). The van der Waals surface area contributed by atoms with Gasteiger partial charge in [0.1, 0.15) is 5.82 Å². The van der Waals surface area contributed by atoms with Crippen LogP contribution in [0.3, 0.4) is 0 Å². The summed E-state index contributed by atoms with van der Waals surface area (Å²) in [6, 6.07) is 2.91. The van der Waals surface area contributed by atoms with Crippen LogP contribution in [0.1, 0.15) is 26.7 Å². The van der Waals surface area contributed by atoms with Gasteiger partial charge >= 0.3 is 0 Å². The van der Waals surface area contributed by atoms with Crippen LogP contribution < -0.4 is 5.73 Å². The highest BCUT2D eigenvalue weighted by molar-refractivity contribution is 6.31. The van der Waals surface area contributed by atoms with Gasteiger partial charge in [-0.2, -0.15) is 0 Å². The molecule has 0 saturated heterocycles. The Balaban J connectivity index is 2.31. The number of nitrogens with two attached hydrogens (primary N) is 1. The molecule has 0 atom stereocenters. The van der Waals surface area contributed by atoms with Gasteiger partial charge in [0.15, 0.2) is 0 Å². The minimum absolute atomic E-state index is 0.104. The molecule has 0 aliphatic heterocycles. The van der Waals surface area contributed by atoms with Crippen LogP contribution in [0.25, 0.3) is 11.0 Å². The fraction of sp³-hybridized carbons (Fsp3) is 0.462. The van der Waals surface area contributed by atoms with E-state index in [1.54, 1.807) is 6.07 Å². The van der Waals surface area contributed by atoms with Gasteiger partial charge in [0.2, 0.25) is 5.95 Å². The zero-order valence-electron chi connectivity index (χ0n) is 10.6. The first kappa shape index (κ1) is 13.1. The topological polar surface area (TPSA) is 43.8 Å². The Morgan fingerprint density at radius 1 is 1.44 bits per heavy atom. The fourth-order valence-electron chi connectivity index (χ4n) is 2.03. The van der Waals surface area contributed by atoms with Gasteiger partial charge in [0, 0.05) is 12.6 Å². The molecule has 3 nitrogen and oxygen atoms in total. The maximum atomic E-state index is 13.3. The van der Waals surface area contributed by atoms with Gasteiger partial charge in [-0.05, 0) is 24.8 Å². The Morgan fingerprint density at radius 2 is 2.17 bits per heavy atom. The van der Waals surface area contributed by atoms with Gasteiger partial charge in [-0.25, -0.2) is 9.37 Å². The highest BCUT2D eigenvalue weighted by Crippen LogP contribution is 2.25. The number of aromatic nitrogens is 2. The Kier molecular flexibility index (Phi) is 3.76. The molecule has 0 bridgehead atoms. The molecule has 98 valence electrons. The average Bonchev–Trinajstić information content (AvgIpc) is 2.56.